The van der Waals surface area contributed by atoms with Gasteiger partial charge in [0.25, 0.3) is 0 Å². The fraction of sp³-hybridized carbons (Fsp3) is 0.600. The van der Waals surface area contributed by atoms with E-state index in [0.29, 0.717) is 6.10 Å². The second-order valence-electron chi connectivity index (χ2n) is 8.28. The fourth-order valence-electron chi connectivity index (χ4n) is 5.21. The zero-order valence-corrected chi connectivity index (χ0v) is 15.6. The number of nitrogens with zero attached hydrogens (tertiary/aromatic N) is 5. The van der Waals surface area contributed by atoms with E-state index >= 15 is 0 Å². The summed E-state index contributed by atoms with van der Waals surface area (Å²) in [5, 5.41) is 3.82. The van der Waals surface area contributed by atoms with Crippen LogP contribution in [0.4, 0.5) is 5.95 Å². The molecule has 1 spiro atoms. The molecule has 0 bridgehead atoms. The summed E-state index contributed by atoms with van der Waals surface area (Å²) in [5.74, 6) is 2.02. The number of benzene rings is 1. The Hall–Kier alpha value is -2.12. The van der Waals surface area contributed by atoms with Crippen molar-refractivity contribution in [1.82, 2.24) is 19.8 Å². The molecule has 1 aromatic carbocycles. The van der Waals surface area contributed by atoms with Crippen molar-refractivity contribution in [2.75, 3.05) is 31.4 Å². The maximum atomic E-state index is 5.84. The predicted molar refractivity (Wildman–Crippen MR) is 105 cm³/mol. The Bertz CT molecular complexity index is 893. The Labute approximate surface area is 159 Å². The summed E-state index contributed by atoms with van der Waals surface area (Å²) in [6.07, 6.45) is 7.44. The molecule has 2 fully saturated rings. The lowest BCUT2D eigenvalue weighted by Gasteiger charge is -2.46. The third kappa shape index (κ3) is 2.41. The lowest BCUT2D eigenvalue weighted by Crippen LogP contribution is -2.63. The van der Waals surface area contributed by atoms with Crippen LogP contribution < -0.4 is 10.2 Å². The van der Waals surface area contributed by atoms with Gasteiger partial charge in [0.15, 0.2) is 0 Å². The number of hydrogen-bond donors (Lipinski definition) is 1. The minimum atomic E-state index is -0.0719. The minimum Gasteiger partial charge on any atom is -0.377 e. The van der Waals surface area contributed by atoms with Gasteiger partial charge in [-0.25, -0.2) is 9.98 Å². The molecule has 2 aromatic rings. The summed E-state index contributed by atoms with van der Waals surface area (Å²) in [6.45, 7) is 3.38. The Balaban J connectivity index is 1.41. The molecule has 142 valence electrons. The summed E-state index contributed by atoms with van der Waals surface area (Å²) in [6, 6.07) is 8.51. The number of anilines is 1. The zero-order valence-electron chi connectivity index (χ0n) is 15.6. The Morgan fingerprint density at radius 1 is 1.19 bits per heavy atom. The molecule has 4 aliphatic rings. The van der Waals surface area contributed by atoms with Crippen LogP contribution in [0.2, 0.25) is 0 Å². The molecule has 7 heteroatoms. The number of para-hydroxylation sites is 2. The Kier molecular flexibility index (Phi) is 3.50. The predicted octanol–water partition coefficient (Wildman–Crippen LogP) is 2.44. The van der Waals surface area contributed by atoms with Crippen molar-refractivity contribution in [2.45, 2.75) is 50.3 Å². The van der Waals surface area contributed by atoms with Crippen LogP contribution in [0.25, 0.3) is 11.0 Å². The molecule has 1 aliphatic carbocycles. The second-order valence-corrected chi connectivity index (χ2v) is 8.28. The Morgan fingerprint density at radius 2 is 2.07 bits per heavy atom. The molecule has 1 aromatic heterocycles. The van der Waals surface area contributed by atoms with E-state index in [9.17, 15) is 0 Å². The molecular formula is C20H26N6O. The molecule has 1 N–H and O–H groups in total. The first-order valence-electron chi connectivity index (χ1n) is 10.2. The van der Waals surface area contributed by atoms with E-state index in [1.165, 1.54) is 24.8 Å². The van der Waals surface area contributed by atoms with Crippen LogP contribution in [-0.2, 0) is 10.4 Å². The van der Waals surface area contributed by atoms with Gasteiger partial charge in [0.2, 0.25) is 11.9 Å². The normalized spacial score (nSPS) is 26.9. The van der Waals surface area contributed by atoms with Crippen LogP contribution in [0.15, 0.2) is 29.3 Å². The maximum Gasteiger partial charge on any atom is 0.216 e. The van der Waals surface area contributed by atoms with E-state index < -0.39 is 0 Å². The highest BCUT2D eigenvalue weighted by Gasteiger charge is 2.46. The van der Waals surface area contributed by atoms with Gasteiger partial charge in [0.05, 0.1) is 30.5 Å². The van der Waals surface area contributed by atoms with Crippen LogP contribution in [0.1, 0.15) is 38.5 Å². The van der Waals surface area contributed by atoms with Crippen LogP contribution in [-0.4, -0.2) is 53.0 Å². The lowest BCUT2D eigenvalue weighted by molar-refractivity contribution is 0.0726. The number of hydrogen-bond acceptors (Lipinski definition) is 6. The number of aliphatic imine (C=N–C) groups is 1. The number of imidazole rings is 1. The SMILES string of the molecule is c1ccc2c(c1)nc1n2C2(CCCC2)NC2=NCN(CC3CCCO3)CN21. The van der Waals surface area contributed by atoms with E-state index in [0.717, 1.165) is 63.2 Å². The molecule has 1 saturated heterocycles. The number of aromatic nitrogens is 2. The molecule has 1 unspecified atom stereocenters. The van der Waals surface area contributed by atoms with Crippen LogP contribution in [0.3, 0.4) is 0 Å². The van der Waals surface area contributed by atoms with E-state index in [2.05, 4.69) is 43.9 Å². The van der Waals surface area contributed by atoms with Crippen molar-refractivity contribution in [1.29, 1.82) is 0 Å². The zero-order chi connectivity index (χ0) is 17.8. The molecule has 27 heavy (non-hydrogen) atoms. The van der Waals surface area contributed by atoms with Gasteiger partial charge in [-0.15, -0.1) is 0 Å². The van der Waals surface area contributed by atoms with Gasteiger partial charge in [-0.05, 0) is 50.7 Å². The minimum absolute atomic E-state index is 0.0719. The average Bonchev–Trinajstić information content (AvgIpc) is 3.42. The lowest BCUT2D eigenvalue weighted by atomic mass is 10.1. The smallest absolute Gasteiger partial charge is 0.216 e. The first kappa shape index (κ1) is 15.9. The van der Waals surface area contributed by atoms with E-state index in [-0.39, 0.29) is 5.66 Å². The van der Waals surface area contributed by atoms with Crippen molar-refractivity contribution < 1.29 is 4.74 Å². The molecule has 3 aliphatic heterocycles. The molecule has 0 radical (unpaired) electrons. The summed E-state index contributed by atoms with van der Waals surface area (Å²) < 4.78 is 8.29. The standard InChI is InChI=1S/C20H26N6O/c1-2-8-17-16(7-1)22-19-25-14-24(12-15-6-5-11-27-15)13-21-18(25)23-20(26(17)19)9-3-4-10-20/h1-2,7-8,15H,3-6,9-14H2,(H,21,23). The van der Waals surface area contributed by atoms with Crippen molar-refractivity contribution in [2.24, 2.45) is 4.99 Å². The molecular weight excluding hydrogens is 340 g/mol. The Morgan fingerprint density at radius 3 is 2.93 bits per heavy atom. The van der Waals surface area contributed by atoms with Gasteiger partial charge in [-0.2, -0.15) is 0 Å². The van der Waals surface area contributed by atoms with E-state index in [1.807, 2.05) is 0 Å². The van der Waals surface area contributed by atoms with Gasteiger partial charge in [0, 0.05) is 13.2 Å². The number of fused-ring (bicyclic) bond motifs is 6. The first-order chi connectivity index (χ1) is 13.3. The van der Waals surface area contributed by atoms with Gasteiger partial charge in [-0.3, -0.25) is 14.4 Å². The molecule has 0 amide bonds. The van der Waals surface area contributed by atoms with Gasteiger partial charge in [-0.1, -0.05) is 12.1 Å². The average molecular weight is 366 g/mol. The molecule has 4 heterocycles. The van der Waals surface area contributed by atoms with E-state index in [4.69, 9.17) is 14.7 Å². The van der Waals surface area contributed by atoms with Crippen molar-refractivity contribution in [3.05, 3.63) is 24.3 Å². The van der Waals surface area contributed by atoms with Gasteiger partial charge < -0.3 is 10.1 Å². The summed E-state index contributed by atoms with van der Waals surface area (Å²) in [4.78, 5) is 14.6. The summed E-state index contributed by atoms with van der Waals surface area (Å²) >= 11 is 0. The highest BCUT2D eigenvalue weighted by molar-refractivity contribution is 5.99. The molecule has 1 atom stereocenters. The molecule has 6 rings (SSSR count). The maximum absolute atomic E-state index is 5.84. The number of rotatable bonds is 2. The number of nitrogens with one attached hydrogen (secondary N) is 1. The summed E-state index contributed by atoms with van der Waals surface area (Å²) in [7, 11) is 0. The number of guanidine groups is 1. The monoisotopic (exact) mass is 366 g/mol. The van der Waals surface area contributed by atoms with Gasteiger partial charge >= 0.3 is 0 Å². The summed E-state index contributed by atoms with van der Waals surface area (Å²) in [5.41, 5.74) is 2.22. The van der Waals surface area contributed by atoms with Crippen LogP contribution in [0, 0.1) is 0 Å². The first-order valence-corrected chi connectivity index (χ1v) is 10.2. The molecule has 1 saturated carbocycles. The topological polar surface area (TPSA) is 57.9 Å². The molecule has 7 nitrogen and oxygen atoms in total. The second kappa shape index (κ2) is 5.94. The van der Waals surface area contributed by atoms with Crippen molar-refractivity contribution in [3.8, 4) is 0 Å². The van der Waals surface area contributed by atoms with Crippen LogP contribution >= 0.6 is 0 Å². The van der Waals surface area contributed by atoms with Crippen LogP contribution in [0.5, 0.6) is 0 Å². The van der Waals surface area contributed by atoms with Gasteiger partial charge in [0.1, 0.15) is 5.66 Å². The van der Waals surface area contributed by atoms with Crippen molar-refractivity contribution in [3.63, 3.8) is 0 Å². The quantitative estimate of drug-likeness (QED) is 0.885. The highest BCUT2D eigenvalue weighted by Crippen LogP contribution is 2.43. The highest BCUT2D eigenvalue weighted by atomic mass is 16.5. The fourth-order valence-corrected chi connectivity index (χ4v) is 5.21. The third-order valence-electron chi connectivity index (χ3n) is 6.49. The number of ether oxygens (including phenoxy) is 1. The van der Waals surface area contributed by atoms with E-state index in [1.54, 1.807) is 0 Å². The van der Waals surface area contributed by atoms with Crippen molar-refractivity contribution >= 4 is 22.9 Å². The third-order valence-corrected chi connectivity index (χ3v) is 6.49. The largest absolute Gasteiger partial charge is 0.377 e.